The summed E-state index contributed by atoms with van der Waals surface area (Å²) in [5, 5.41) is 0. The molecule has 4 aromatic carbocycles. The molecule has 0 bridgehead atoms. The zero-order valence-corrected chi connectivity index (χ0v) is 44.6. The Kier molecular flexibility index (Phi) is 28.1. The van der Waals surface area contributed by atoms with E-state index in [0.29, 0.717) is 0 Å². The largest absolute Gasteiger partial charge is 0.321 e. The summed E-state index contributed by atoms with van der Waals surface area (Å²) in [5.41, 5.74) is 23.2. The van der Waals surface area contributed by atoms with Crippen molar-refractivity contribution < 1.29 is 0 Å². The Morgan fingerprint density at radius 2 is 1.29 bits per heavy atom. The Hall–Kier alpha value is -6.54. The second-order valence-corrected chi connectivity index (χ2v) is 17.3. The third-order valence-electron chi connectivity index (χ3n) is 12.0. The van der Waals surface area contributed by atoms with E-state index >= 15 is 0 Å². The highest BCUT2D eigenvalue weighted by molar-refractivity contribution is 5.73. The summed E-state index contributed by atoms with van der Waals surface area (Å²) < 4.78 is 0. The maximum absolute atomic E-state index is 6.99. The number of rotatable bonds is 14. The fraction of sp³-hybridized carbons (Fsp3) is 0.265. The van der Waals surface area contributed by atoms with Gasteiger partial charge in [0.1, 0.15) is 0 Å². The molecule has 0 radical (unpaired) electrons. The second-order valence-electron chi connectivity index (χ2n) is 17.3. The number of hydrogen-bond acceptors (Lipinski definition) is 1. The Morgan fingerprint density at radius 3 is 1.80 bits per heavy atom. The smallest absolute Gasteiger partial charge is 0.0522 e. The van der Waals surface area contributed by atoms with Gasteiger partial charge in [-0.3, -0.25) is 0 Å². The molecule has 3 unspecified atom stereocenters. The minimum absolute atomic E-state index is 0.180. The molecule has 0 aliphatic heterocycles. The van der Waals surface area contributed by atoms with Crippen LogP contribution in [0.2, 0.25) is 0 Å². The van der Waals surface area contributed by atoms with Gasteiger partial charge < -0.3 is 5.73 Å². The van der Waals surface area contributed by atoms with Gasteiger partial charge in [-0.05, 0) is 136 Å². The van der Waals surface area contributed by atoms with Crippen LogP contribution >= 0.6 is 0 Å². The Morgan fingerprint density at radius 1 is 0.710 bits per heavy atom. The summed E-state index contributed by atoms with van der Waals surface area (Å²) in [5.74, 6) is 0.230. The molecular weight excluding hydrogens is 831 g/mol. The minimum Gasteiger partial charge on any atom is -0.321 e. The van der Waals surface area contributed by atoms with Crippen molar-refractivity contribution in [1.82, 2.24) is 0 Å². The van der Waals surface area contributed by atoms with Crippen LogP contribution in [-0.4, -0.2) is 0 Å². The van der Waals surface area contributed by atoms with Gasteiger partial charge in [-0.15, -0.1) is 0 Å². The van der Waals surface area contributed by atoms with Crippen molar-refractivity contribution in [3.05, 3.63) is 275 Å². The molecule has 1 heteroatoms. The molecule has 2 aliphatic rings. The normalized spacial score (nSPS) is 16.9. The Labute approximate surface area is 421 Å². The Balaban J connectivity index is 0.000000490. The Bertz CT molecular complexity index is 2520. The first-order chi connectivity index (χ1) is 33.3. The average molecular weight is 916 g/mol. The van der Waals surface area contributed by atoms with E-state index in [9.17, 15) is 0 Å². The molecule has 4 aromatic rings. The molecule has 0 amide bonds. The average Bonchev–Trinajstić information content (AvgIpc) is 4.01. The topological polar surface area (TPSA) is 26.0 Å². The predicted octanol–water partition coefficient (Wildman–Crippen LogP) is 20.3. The van der Waals surface area contributed by atoms with E-state index in [2.05, 4.69) is 237 Å². The van der Waals surface area contributed by atoms with E-state index in [4.69, 9.17) is 5.73 Å². The lowest BCUT2D eigenvalue weighted by Gasteiger charge is -2.36. The third kappa shape index (κ3) is 19.9. The molecule has 0 spiro atoms. The van der Waals surface area contributed by atoms with Crippen LogP contribution in [-0.2, 0) is 0 Å². The molecule has 2 N–H and O–H groups in total. The molecule has 2 aliphatic carbocycles. The van der Waals surface area contributed by atoms with Crippen LogP contribution < -0.4 is 5.73 Å². The van der Waals surface area contributed by atoms with Crippen LogP contribution in [0.1, 0.15) is 126 Å². The number of nitrogens with two attached hydrogens (primary N) is 1. The lowest BCUT2D eigenvalue weighted by molar-refractivity contribution is 0.406. The van der Waals surface area contributed by atoms with Crippen LogP contribution in [0.4, 0.5) is 0 Å². The van der Waals surface area contributed by atoms with Crippen LogP contribution in [0.25, 0.3) is 22.3 Å². The van der Waals surface area contributed by atoms with Crippen molar-refractivity contribution in [2.75, 3.05) is 0 Å². The maximum atomic E-state index is 6.99. The highest BCUT2D eigenvalue weighted by Gasteiger charge is 2.40. The van der Waals surface area contributed by atoms with E-state index in [1.807, 2.05) is 71.9 Å². The molecule has 362 valence electrons. The summed E-state index contributed by atoms with van der Waals surface area (Å²) in [7, 11) is 0. The van der Waals surface area contributed by atoms with Crippen molar-refractivity contribution in [2.24, 2.45) is 11.1 Å². The second kappa shape index (κ2) is 33.0. The third-order valence-corrected chi connectivity index (χ3v) is 12.0. The van der Waals surface area contributed by atoms with Crippen molar-refractivity contribution in [1.29, 1.82) is 0 Å². The van der Waals surface area contributed by atoms with Crippen molar-refractivity contribution in [2.45, 2.75) is 115 Å². The van der Waals surface area contributed by atoms with Crippen LogP contribution in [0.15, 0.2) is 264 Å². The first-order valence-corrected chi connectivity index (χ1v) is 25.0. The van der Waals surface area contributed by atoms with Gasteiger partial charge in [-0.1, -0.05) is 270 Å². The molecule has 69 heavy (non-hydrogen) atoms. The molecule has 0 saturated heterocycles. The summed E-state index contributed by atoms with van der Waals surface area (Å²) >= 11 is 0. The van der Waals surface area contributed by atoms with Gasteiger partial charge in [-0.2, -0.15) is 0 Å². The zero-order chi connectivity index (χ0) is 51.0. The van der Waals surface area contributed by atoms with Crippen molar-refractivity contribution >= 4 is 0 Å². The number of benzene rings is 4. The van der Waals surface area contributed by atoms with Crippen LogP contribution in [0.5, 0.6) is 0 Å². The first kappa shape index (κ1) is 58.6. The number of allylic oxidation sites excluding steroid dienone is 24. The van der Waals surface area contributed by atoms with Gasteiger partial charge >= 0.3 is 0 Å². The molecule has 1 nitrogen and oxygen atoms in total. The quantitative estimate of drug-likeness (QED) is 0.125. The molecule has 0 fully saturated rings. The van der Waals surface area contributed by atoms with Gasteiger partial charge in [0.05, 0.1) is 6.04 Å². The lowest BCUT2D eigenvalue weighted by atomic mass is 9.68. The van der Waals surface area contributed by atoms with Crippen LogP contribution in [0.3, 0.4) is 0 Å². The van der Waals surface area contributed by atoms with E-state index in [1.165, 1.54) is 73.2 Å². The molecule has 0 saturated carbocycles. The van der Waals surface area contributed by atoms with Gasteiger partial charge in [0.25, 0.3) is 0 Å². The van der Waals surface area contributed by atoms with Crippen molar-refractivity contribution in [3.8, 4) is 22.3 Å². The number of hydrogen-bond donors (Lipinski definition) is 1. The highest BCUT2D eigenvalue weighted by atomic mass is 14.7. The first-order valence-electron chi connectivity index (χ1n) is 25.0. The summed E-state index contributed by atoms with van der Waals surface area (Å²) in [4.78, 5) is 0. The fourth-order valence-corrected chi connectivity index (χ4v) is 8.01. The van der Waals surface area contributed by atoms with Crippen LogP contribution in [0, 0.1) is 5.41 Å². The van der Waals surface area contributed by atoms with Gasteiger partial charge in [0.2, 0.25) is 0 Å². The molecule has 6 rings (SSSR count). The van der Waals surface area contributed by atoms with Crippen molar-refractivity contribution in [3.63, 3.8) is 0 Å². The monoisotopic (exact) mass is 916 g/mol. The maximum Gasteiger partial charge on any atom is 0.0522 e. The molecule has 0 aromatic heterocycles. The van der Waals surface area contributed by atoms with E-state index in [1.54, 1.807) is 6.08 Å². The predicted molar refractivity (Wildman–Crippen MR) is 311 cm³/mol. The standard InChI is InChI=1S/C41H41N.C11H18.C8H12.C6H8.C2H6/c1-5-6-14-30(2)21-22-32-27-39(40(42)36-17-11-8-12-18-36)41(4,29-32)31(3)33-23-25-35(26-24-33)38-20-13-19-37(28-38)34-15-9-7-10-16-34;1-5-8-10(4)11(7-3)9-6-2;1-4-6-8(3)7-5-2;1-6-4-2-3-5-6;1-2/h5-29,31,40H,42H2,1-4H3;6-9H,5H2,1-4H3;4-7H,1H2,2-3H3;2-4H,5H2,1H3;1-2H3/b6-5+,22-21-,30-14-;9-6-,10-8+,11-7+;7-5-,8-6-;;. The summed E-state index contributed by atoms with van der Waals surface area (Å²) in [6.45, 7) is 31.0. The summed E-state index contributed by atoms with van der Waals surface area (Å²) in [6, 6.07) is 38.7. The molecular formula is C68H85N. The van der Waals surface area contributed by atoms with Gasteiger partial charge in [-0.25, -0.2) is 0 Å². The minimum atomic E-state index is -0.232. The van der Waals surface area contributed by atoms with E-state index in [0.717, 1.165) is 12.0 Å². The SMILES string of the molecule is C/C=C/C=C(C)\C=C/C1=CC(C)(C(C)c2ccc(-c3cccc(-c4ccccc4)c3)cc2)C(C(N)c2ccccc2)=C1.C=C/C=C(C)\C=C/C.CC.CC1=CC=CC1.C\C=C/C(=C\C)C(/C)=C/CC. The lowest BCUT2D eigenvalue weighted by Crippen LogP contribution is -2.29. The van der Waals surface area contributed by atoms with Gasteiger partial charge in [0, 0.05) is 5.41 Å². The fourth-order valence-electron chi connectivity index (χ4n) is 8.01. The summed E-state index contributed by atoms with van der Waals surface area (Å²) in [6.07, 6.45) is 40.4. The van der Waals surface area contributed by atoms with E-state index in [-0.39, 0.29) is 17.4 Å². The van der Waals surface area contributed by atoms with Gasteiger partial charge in [0.15, 0.2) is 0 Å². The van der Waals surface area contributed by atoms with E-state index < -0.39 is 0 Å². The molecule has 0 heterocycles. The highest BCUT2D eigenvalue weighted by Crippen LogP contribution is 2.51. The zero-order valence-electron chi connectivity index (χ0n) is 44.6. The molecule has 3 atom stereocenters.